The fourth-order valence-corrected chi connectivity index (χ4v) is 5.25. The molecule has 3 rings (SSSR count). The first-order valence-electron chi connectivity index (χ1n) is 7.82. The third-order valence-electron chi connectivity index (χ3n) is 5.10. The molecule has 1 aliphatic heterocycles. The van der Waals surface area contributed by atoms with Gasteiger partial charge in [-0.3, -0.25) is 4.90 Å². The van der Waals surface area contributed by atoms with E-state index in [0.29, 0.717) is 11.6 Å². The molecule has 2 fully saturated rings. The molecule has 1 atom stereocenters. The highest BCUT2D eigenvalue weighted by Crippen LogP contribution is 2.46. The molecule has 3 nitrogen and oxygen atoms in total. The number of rotatable bonds is 4. The van der Waals surface area contributed by atoms with Gasteiger partial charge in [0.1, 0.15) is 0 Å². The lowest BCUT2D eigenvalue weighted by molar-refractivity contribution is -0.0350. The maximum absolute atomic E-state index is 5.57. The van der Waals surface area contributed by atoms with Gasteiger partial charge in [-0.05, 0) is 43.8 Å². The summed E-state index contributed by atoms with van der Waals surface area (Å²) >= 11 is 1.91. The van der Waals surface area contributed by atoms with E-state index < -0.39 is 0 Å². The minimum atomic E-state index is 0.300. The normalized spacial score (nSPS) is 24.9. The molecule has 0 spiro atoms. The van der Waals surface area contributed by atoms with Gasteiger partial charge in [-0.2, -0.15) is 0 Å². The number of aryl methyl sites for hydroxylation is 1. The van der Waals surface area contributed by atoms with Crippen molar-refractivity contribution in [3.8, 4) is 0 Å². The molecular formula is C16H26N2OS. The summed E-state index contributed by atoms with van der Waals surface area (Å²) in [6, 6.07) is 2.72. The number of thiophene rings is 1. The predicted molar refractivity (Wildman–Crippen MR) is 84.4 cm³/mol. The Balaban J connectivity index is 1.93. The van der Waals surface area contributed by atoms with Gasteiger partial charge >= 0.3 is 0 Å². The molecule has 112 valence electrons. The number of morpholine rings is 1. The van der Waals surface area contributed by atoms with E-state index in [0.717, 1.165) is 26.3 Å². The summed E-state index contributed by atoms with van der Waals surface area (Å²) < 4.78 is 5.57. The number of ether oxygens (including phenoxy) is 1. The van der Waals surface area contributed by atoms with Gasteiger partial charge in [-0.15, -0.1) is 11.3 Å². The van der Waals surface area contributed by atoms with Crippen LogP contribution in [0.1, 0.15) is 42.2 Å². The van der Waals surface area contributed by atoms with Gasteiger partial charge in [-0.1, -0.05) is 12.8 Å². The molecule has 20 heavy (non-hydrogen) atoms. The van der Waals surface area contributed by atoms with Crippen LogP contribution in [0.15, 0.2) is 11.4 Å². The van der Waals surface area contributed by atoms with Crippen LogP contribution in [0.2, 0.25) is 0 Å². The summed E-state index contributed by atoms with van der Waals surface area (Å²) in [5, 5.41) is 5.89. The Kier molecular flexibility index (Phi) is 4.46. The van der Waals surface area contributed by atoms with Gasteiger partial charge in [0.2, 0.25) is 0 Å². The van der Waals surface area contributed by atoms with Gasteiger partial charge in [0.05, 0.1) is 19.3 Å². The number of likely N-dealkylation sites (N-methyl/N-ethyl adjacent to an activating group) is 1. The predicted octanol–water partition coefficient (Wildman–Crippen LogP) is 2.96. The fraction of sp³-hybridized carbons (Fsp3) is 0.750. The van der Waals surface area contributed by atoms with Gasteiger partial charge in [0.15, 0.2) is 0 Å². The highest BCUT2D eigenvalue weighted by atomic mass is 32.1. The topological polar surface area (TPSA) is 24.5 Å². The van der Waals surface area contributed by atoms with E-state index in [1.165, 1.54) is 36.1 Å². The zero-order valence-corrected chi connectivity index (χ0v) is 13.5. The molecule has 0 radical (unpaired) electrons. The molecule has 1 aromatic heterocycles. The van der Waals surface area contributed by atoms with E-state index in [1.54, 1.807) is 0 Å². The Hall–Kier alpha value is -0.420. The summed E-state index contributed by atoms with van der Waals surface area (Å²) in [4.78, 5) is 4.24. The van der Waals surface area contributed by atoms with E-state index in [2.05, 4.69) is 35.6 Å². The monoisotopic (exact) mass is 294 g/mol. The second-order valence-electron chi connectivity index (χ2n) is 6.10. The zero-order valence-electron chi connectivity index (χ0n) is 12.7. The first-order valence-corrected chi connectivity index (χ1v) is 8.70. The van der Waals surface area contributed by atoms with Crippen LogP contribution in [-0.2, 0) is 4.74 Å². The van der Waals surface area contributed by atoms with Crippen molar-refractivity contribution in [3.05, 3.63) is 21.9 Å². The molecule has 2 aliphatic rings. The molecule has 0 amide bonds. The Bertz CT molecular complexity index is 433. The summed E-state index contributed by atoms with van der Waals surface area (Å²) in [5.74, 6) is 0. The van der Waals surface area contributed by atoms with Crippen molar-refractivity contribution in [1.29, 1.82) is 0 Å². The SMILES string of the molecule is CNC(c1sccc1C)C1(N2CCOCC2)CCCC1. The highest BCUT2D eigenvalue weighted by molar-refractivity contribution is 7.10. The second-order valence-corrected chi connectivity index (χ2v) is 7.05. The summed E-state index contributed by atoms with van der Waals surface area (Å²) in [6.07, 6.45) is 5.35. The smallest absolute Gasteiger partial charge is 0.0602 e. The molecule has 1 saturated heterocycles. The third kappa shape index (κ3) is 2.43. The third-order valence-corrected chi connectivity index (χ3v) is 6.18. The molecule has 1 unspecified atom stereocenters. The fourth-order valence-electron chi connectivity index (χ4n) is 4.11. The van der Waals surface area contributed by atoms with Crippen molar-refractivity contribution >= 4 is 11.3 Å². The first-order chi connectivity index (χ1) is 9.78. The molecule has 0 bridgehead atoms. The van der Waals surface area contributed by atoms with E-state index in [4.69, 9.17) is 4.74 Å². The second kappa shape index (κ2) is 6.14. The van der Waals surface area contributed by atoms with Gasteiger partial charge in [-0.25, -0.2) is 0 Å². The minimum Gasteiger partial charge on any atom is -0.379 e. The highest BCUT2D eigenvalue weighted by Gasteiger charge is 2.47. The Morgan fingerprint density at radius 1 is 1.30 bits per heavy atom. The van der Waals surface area contributed by atoms with Crippen LogP contribution >= 0.6 is 11.3 Å². The largest absolute Gasteiger partial charge is 0.379 e. The lowest BCUT2D eigenvalue weighted by Gasteiger charge is -2.48. The number of hydrogen-bond donors (Lipinski definition) is 1. The molecule has 1 N–H and O–H groups in total. The van der Waals surface area contributed by atoms with Crippen LogP contribution in [0.4, 0.5) is 0 Å². The van der Waals surface area contributed by atoms with Crippen LogP contribution in [0.5, 0.6) is 0 Å². The van der Waals surface area contributed by atoms with Crippen LogP contribution in [0, 0.1) is 6.92 Å². The molecule has 4 heteroatoms. The van der Waals surface area contributed by atoms with Crippen LogP contribution in [0.25, 0.3) is 0 Å². The molecule has 1 saturated carbocycles. The molecule has 1 aliphatic carbocycles. The molecule has 1 aromatic rings. The summed E-state index contributed by atoms with van der Waals surface area (Å²) in [7, 11) is 2.13. The number of hydrogen-bond acceptors (Lipinski definition) is 4. The van der Waals surface area contributed by atoms with Crippen molar-refractivity contribution in [2.75, 3.05) is 33.4 Å². The first kappa shape index (κ1) is 14.5. The van der Waals surface area contributed by atoms with Gasteiger partial charge in [0, 0.05) is 23.5 Å². The maximum Gasteiger partial charge on any atom is 0.0602 e. The minimum absolute atomic E-state index is 0.300. The van der Waals surface area contributed by atoms with Crippen molar-refractivity contribution in [2.45, 2.75) is 44.2 Å². The Morgan fingerprint density at radius 3 is 2.55 bits per heavy atom. The van der Waals surface area contributed by atoms with Crippen molar-refractivity contribution in [2.24, 2.45) is 0 Å². The lowest BCUT2D eigenvalue weighted by Crippen LogP contribution is -2.57. The summed E-state index contributed by atoms with van der Waals surface area (Å²) in [5.41, 5.74) is 1.74. The quantitative estimate of drug-likeness (QED) is 0.924. The average molecular weight is 294 g/mol. The summed E-state index contributed by atoms with van der Waals surface area (Å²) in [6.45, 7) is 6.20. The van der Waals surface area contributed by atoms with Crippen LogP contribution < -0.4 is 5.32 Å². The Morgan fingerprint density at radius 2 is 2.00 bits per heavy atom. The van der Waals surface area contributed by atoms with Crippen LogP contribution in [0.3, 0.4) is 0 Å². The van der Waals surface area contributed by atoms with Gasteiger partial charge < -0.3 is 10.1 Å². The van der Waals surface area contributed by atoms with Crippen molar-refractivity contribution in [1.82, 2.24) is 10.2 Å². The maximum atomic E-state index is 5.57. The van der Waals surface area contributed by atoms with E-state index in [9.17, 15) is 0 Å². The Labute approximate surface area is 126 Å². The van der Waals surface area contributed by atoms with Crippen molar-refractivity contribution in [3.63, 3.8) is 0 Å². The van der Waals surface area contributed by atoms with Crippen molar-refractivity contribution < 1.29 is 4.74 Å². The van der Waals surface area contributed by atoms with E-state index >= 15 is 0 Å². The van der Waals surface area contributed by atoms with E-state index in [-0.39, 0.29) is 0 Å². The zero-order chi connectivity index (χ0) is 14.0. The van der Waals surface area contributed by atoms with Crippen LogP contribution in [-0.4, -0.2) is 43.8 Å². The molecule has 2 heterocycles. The van der Waals surface area contributed by atoms with Gasteiger partial charge in [0.25, 0.3) is 0 Å². The molecule has 0 aromatic carbocycles. The lowest BCUT2D eigenvalue weighted by atomic mass is 9.83. The van der Waals surface area contributed by atoms with E-state index in [1.807, 2.05) is 11.3 Å². The average Bonchev–Trinajstić information content (AvgIpc) is 3.12. The standard InChI is InChI=1S/C16H26N2OS/c1-13-5-12-20-14(13)15(17-2)16(6-3-4-7-16)18-8-10-19-11-9-18/h5,12,15,17H,3-4,6-11H2,1-2H3. The molecular weight excluding hydrogens is 268 g/mol. The number of nitrogens with one attached hydrogen (secondary N) is 1. The number of nitrogens with zero attached hydrogens (tertiary/aromatic N) is 1.